The van der Waals surface area contributed by atoms with E-state index >= 15 is 0 Å². The van der Waals surface area contributed by atoms with E-state index in [-0.39, 0.29) is 6.04 Å². The van der Waals surface area contributed by atoms with Crippen LogP contribution in [0.5, 0.6) is 0 Å². The molecule has 3 atom stereocenters. The summed E-state index contributed by atoms with van der Waals surface area (Å²) in [6, 6.07) is 0.0519. The summed E-state index contributed by atoms with van der Waals surface area (Å²) in [5.41, 5.74) is 0. The summed E-state index contributed by atoms with van der Waals surface area (Å²) < 4.78 is 5.73. The second kappa shape index (κ2) is 7.25. The summed E-state index contributed by atoms with van der Waals surface area (Å²) in [6.45, 7) is 7.93. The first-order valence-electron chi connectivity index (χ1n) is 7.90. The van der Waals surface area contributed by atoms with E-state index in [2.05, 4.69) is 24.1 Å². The lowest BCUT2D eigenvalue weighted by molar-refractivity contribution is -0.136. The minimum absolute atomic E-state index is 0.0519. The number of hydrogen-bond acceptors (Lipinski definition) is 3. The smallest absolute Gasteiger partial charge is 0.239 e. The van der Waals surface area contributed by atoms with Gasteiger partial charge in [0.2, 0.25) is 5.91 Å². The fraction of sp³-hybridized carbons (Fsp3) is 0.933. The van der Waals surface area contributed by atoms with E-state index in [1.165, 1.54) is 0 Å². The Kier molecular flexibility index (Phi) is 5.64. The van der Waals surface area contributed by atoms with Gasteiger partial charge in [0.15, 0.2) is 0 Å². The SMILES string of the molecule is CCCNC1CCCN(CC2CCOC2CC)C1=O. The molecule has 0 radical (unpaired) electrons. The van der Waals surface area contributed by atoms with E-state index in [0.29, 0.717) is 17.9 Å². The average molecular weight is 268 g/mol. The number of nitrogens with one attached hydrogen (secondary N) is 1. The molecular weight excluding hydrogens is 240 g/mol. The molecule has 2 rings (SSSR count). The second-order valence-electron chi connectivity index (χ2n) is 5.80. The number of ether oxygens (including phenoxy) is 1. The van der Waals surface area contributed by atoms with Crippen LogP contribution in [0.15, 0.2) is 0 Å². The third kappa shape index (κ3) is 3.69. The van der Waals surface area contributed by atoms with Crippen molar-refractivity contribution >= 4 is 5.91 Å². The van der Waals surface area contributed by atoms with Crippen LogP contribution in [0.4, 0.5) is 0 Å². The fourth-order valence-corrected chi connectivity index (χ4v) is 3.27. The van der Waals surface area contributed by atoms with Crippen molar-refractivity contribution in [3.63, 3.8) is 0 Å². The lowest BCUT2D eigenvalue weighted by Gasteiger charge is -2.35. The summed E-state index contributed by atoms with van der Waals surface area (Å²) in [4.78, 5) is 14.5. The van der Waals surface area contributed by atoms with Crippen LogP contribution in [0.2, 0.25) is 0 Å². The van der Waals surface area contributed by atoms with E-state index in [9.17, 15) is 4.79 Å². The first kappa shape index (κ1) is 14.8. The molecule has 2 aliphatic rings. The van der Waals surface area contributed by atoms with Crippen LogP contribution >= 0.6 is 0 Å². The zero-order chi connectivity index (χ0) is 13.7. The number of amides is 1. The van der Waals surface area contributed by atoms with Crippen LogP contribution in [0.3, 0.4) is 0 Å². The number of nitrogens with zero attached hydrogens (tertiary/aromatic N) is 1. The Morgan fingerprint density at radius 2 is 2.21 bits per heavy atom. The normalized spacial score (nSPS) is 32.0. The fourth-order valence-electron chi connectivity index (χ4n) is 3.27. The zero-order valence-electron chi connectivity index (χ0n) is 12.4. The molecule has 0 aliphatic carbocycles. The van der Waals surface area contributed by atoms with Crippen molar-refractivity contribution in [2.75, 3.05) is 26.2 Å². The molecule has 1 amide bonds. The first-order chi connectivity index (χ1) is 9.26. The highest BCUT2D eigenvalue weighted by molar-refractivity contribution is 5.82. The van der Waals surface area contributed by atoms with Crippen molar-refractivity contribution in [2.24, 2.45) is 5.92 Å². The maximum Gasteiger partial charge on any atom is 0.239 e. The van der Waals surface area contributed by atoms with Gasteiger partial charge >= 0.3 is 0 Å². The Labute approximate surface area is 116 Å². The van der Waals surface area contributed by atoms with Gasteiger partial charge in [-0.05, 0) is 38.6 Å². The minimum atomic E-state index is 0.0519. The zero-order valence-corrected chi connectivity index (χ0v) is 12.4. The van der Waals surface area contributed by atoms with Crippen LogP contribution in [-0.4, -0.2) is 49.2 Å². The first-order valence-corrected chi connectivity index (χ1v) is 7.90. The molecule has 4 nitrogen and oxygen atoms in total. The van der Waals surface area contributed by atoms with Crippen LogP contribution in [0.1, 0.15) is 46.0 Å². The van der Waals surface area contributed by atoms with E-state index < -0.39 is 0 Å². The highest BCUT2D eigenvalue weighted by atomic mass is 16.5. The third-order valence-corrected chi connectivity index (χ3v) is 4.37. The standard InChI is InChI=1S/C15H28N2O2/c1-3-8-16-13-6-5-9-17(15(13)18)11-12-7-10-19-14(12)4-2/h12-14,16H,3-11H2,1-2H3. The molecule has 0 aromatic heterocycles. The average Bonchev–Trinajstić information content (AvgIpc) is 2.87. The van der Waals surface area contributed by atoms with Crippen molar-refractivity contribution in [3.8, 4) is 0 Å². The van der Waals surface area contributed by atoms with Crippen molar-refractivity contribution in [3.05, 3.63) is 0 Å². The van der Waals surface area contributed by atoms with Gasteiger partial charge < -0.3 is 15.0 Å². The monoisotopic (exact) mass is 268 g/mol. The molecule has 0 saturated carbocycles. The molecule has 2 heterocycles. The van der Waals surface area contributed by atoms with Gasteiger partial charge in [0, 0.05) is 25.6 Å². The number of piperidine rings is 1. The molecule has 0 aromatic rings. The summed E-state index contributed by atoms with van der Waals surface area (Å²) in [5, 5.41) is 3.38. The van der Waals surface area contributed by atoms with Crippen LogP contribution < -0.4 is 5.32 Å². The predicted octanol–water partition coefficient (Wildman–Crippen LogP) is 1.79. The summed E-state index contributed by atoms with van der Waals surface area (Å²) in [6.07, 6.45) is 5.72. The van der Waals surface area contributed by atoms with Gasteiger partial charge in [-0.2, -0.15) is 0 Å². The maximum atomic E-state index is 12.4. The molecule has 2 saturated heterocycles. The number of hydrogen-bond donors (Lipinski definition) is 1. The van der Waals surface area contributed by atoms with Gasteiger partial charge in [0.1, 0.15) is 0 Å². The largest absolute Gasteiger partial charge is 0.378 e. The van der Waals surface area contributed by atoms with Gasteiger partial charge in [-0.25, -0.2) is 0 Å². The molecule has 0 spiro atoms. The Hall–Kier alpha value is -0.610. The summed E-state index contributed by atoms with van der Waals surface area (Å²) in [5.74, 6) is 0.848. The molecule has 0 aromatic carbocycles. The number of carbonyl (C=O) groups excluding carboxylic acids is 1. The van der Waals surface area contributed by atoms with Gasteiger partial charge in [0.05, 0.1) is 12.1 Å². The lowest BCUT2D eigenvalue weighted by atomic mass is 9.96. The van der Waals surface area contributed by atoms with Gasteiger partial charge in [-0.3, -0.25) is 4.79 Å². The maximum absolute atomic E-state index is 12.4. The number of rotatable bonds is 6. The van der Waals surface area contributed by atoms with Crippen LogP contribution in [0.25, 0.3) is 0 Å². The molecule has 0 bridgehead atoms. The summed E-state index contributed by atoms with van der Waals surface area (Å²) >= 11 is 0. The molecule has 2 aliphatic heterocycles. The van der Waals surface area contributed by atoms with Crippen molar-refractivity contribution in [1.29, 1.82) is 0 Å². The lowest BCUT2D eigenvalue weighted by Crippen LogP contribution is -2.52. The minimum Gasteiger partial charge on any atom is -0.378 e. The number of carbonyl (C=O) groups is 1. The van der Waals surface area contributed by atoms with Crippen molar-refractivity contribution in [2.45, 2.75) is 58.1 Å². The van der Waals surface area contributed by atoms with E-state index in [1.54, 1.807) is 0 Å². The second-order valence-corrected chi connectivity index (χ2v) is 5.80. The van der Waals surface area contributed by atoms with Crippen LogP contribution in [-0.2, 0) is 9.53 Å². The van der Waals surface area contributed by atoms with Crippen molar-refractivity contribution in [1.82, 2.24) is 10.2 Å². The van der Waals surface area contributed by atoms with Gasteiger partial charge in [-0.1, -0.05) is 13.8 Å². The molecule has 1 N–H and O–H groups in total. The van der Waals surface area contributed by atoms with Gasteiger partial charge in [-0.15, -0.1) is 0 Å². The van der Waals surface area contributed by atoms with E-state index in [4.69, 9.17) is 4.74 Å². The summed E-state index contributed by atoms with van der Waals surface area (Å²) in [7, 11) is 0. The molecule has 3 unspecified atom stereocenters. The molecular formula is C15H28N2O2. The Morgan fingerprint density at radius 3 is 2.95 bits per heavy atom. The van der Waals surface area contributed by atoms with E-state index in [1.807, 2.05) is 0 Å². The number of likely N-dealkylation sites (tertiary alicyclic amines) is 1. The molecule has 19 heavy (non-hydrogen) atoms. The van der Waals surface area contributed by atoms with Crippen molar-refractivity contribution < 1.29 is 9.53 Å². The third-order valence-electron chi connectivity index (χ3n) is 4.37. The Morgan fingerprint density at radius 1 is 1.37 bits per heavy atom. The van der Waals surface area contributed by atoms with Gasteiger partial charge in [0.25, 0.3) is 0 Å². The molecule has 110 valence electrons. The molecule has 2 fully saturated rings. The predicted molar refractivity (Wildman–Crippen MR) is 76.0 cm³/mol. The quantitative estimate of drug-likeness (QED) is 0.798. The highest BCUT2D eigenvalue weighted by Crippen LogP contribution is 2.25. The Balaban J connectivity index is 1.87. The van der Waals surface area contributed by atoms with Crippen LogP contribution in [0, 0.1) is 5.92 Å². The van der Waals surface area contributed by atoms with E-state index in [0.717, 1.165) is 58.3 Å². The highest BCUT2D eigenvalue weighted by Gasteiger charge is 2.33. The topological polar surface area (TPSA) is 41.6 Å². The molecule has 4 heteroatoms. The Bertz CT molecular complexity index is 296.